The van der Waals surface area contributed by atoms with Crippen LogP contribution in [0, 0.1) is 5.82 Å². The summed E-state index contributed by atoms with van der Waals surface area (Å²) in [5.74, 6) is -2.44. The van der Waals surface area contributed by atoms with Crippen molar-refractivity contribution in [2.75, 3.05) is 4.90 Å². The minimum atomic E-state index is -1.19. The quantitative estimate of drug-likeness (QED) is 0.936. The number of carbonyl (C=O) groups is 2. The van der Waals surface area contributed by atoms with Crippen LogP contribution in [0.1, 0.15) is 17.3 Å². The van der Waals surface area contributed by atoms with Crippen LogP contribution in [0.25, 0.3) is 0 Å². The average molecular weight is 322 g/mol. The Morgan fingerprint density at radius 1 is 1.18 bits per heavy atom. The summed E-state index contributed by atoms with van der Waals surface area (Å²) < 4.78 is 13.7. The third-order valence-electron chi connectivity index (χ3n) is 3.17. The van der Waals surface area contributed by atoms with E-state index < -0.39 is 23.7 Å². The van der Waals surface area contributed by atoms with E-state index in [1.807, 2.05) is 0 Å². The number of rotatable bonds is 4. The van der Waals surface area contributed by atoms with Gasteiger partial charge in [-0.2, -0.15) is 0 Å². The predicted molar refractivity (Wildman–Crippen MR) is 81.8 cm³/mol. The summed E-state index contributed by atoms with van der Waals surface area (Å²) in [6.45, 7) is 1.36. The molecule has 114 valence electrons. The molecule has 0 spiro atoms. The molecule has 0 radical (unpaired) electrons. The van der Waals surface area contributed by atoms with Crippen molar-refractivity contribution in [1.29, 1.82) is 0 Å². The molecule has 2 aromatic carbocycles. The number of carboxylic acid groups (broad SMARTS) is 1. The second-order valence-corrected chi connectivity index (χ2v) is 5.06. The number of amides is 1. The van der Waals surface area contributed by atoms with Gasteiger partial charge in [-0.25, -0.2) is 9.18 Å². The Balaban J connectivity index is 2.49. The van der Waals surface area contributed by atoms with Crippen LogP contribution in [0.2, 0.25) is 5.02 Å². The lowest BCUT2D eigenvalue weighted by Crippen LogP contribution is -2.43. The number of benzene rings is 2. The molecule has 6 heteroatoms. The highest BCUT2D eigenvalue weighted by Crippen LogP contribution is 2.25. The van der Waals surface area contributed by atoms with Gasteiger partial charge >= 0.3 is 5.97 Å². The van der Waals surface area contributed by atoms with Gasteiger partial charge in [-0.1, -0.05) is 29.8 Å². The topological polar surface area (TPSA) is 57.6 Å². The van der Waals surface area contributed by atoms with Crippen LogP contribution in [0.4, 0.5) is 10.1 Å². The van der Waals surface area contributed by atoms with E-state index >= 15 is 0 Å². The van der Waals surface area contributed by atoms with Crippen LogP contribution in [-0.4, -0.2) is 23.0 Å². The first-order valence-electron chi connectivity index (χ1n) is 6.48. The molecule has 0 unspecified atom stereocenters. The normalized spacial score (nSPS) is 11.8. The van der Waals surface area contributed by atoms with Gasteiger partial charge < -0.3 is 5.11 Å². The third-order valence-corrected chi connectivity index (χ3v) is 3.47. The van der Waals surface area contributed by atoms with Gasteiger partial charge in [0.1, 0.15) is 11.9 Å². The van der Waals surface area contributed by atoms with Gasteiger partial charge in [0.05, 0.1) is 5.02 Å². The summed E-state index contributed by atoms with van der Waals surface area (Å²) in [6, 6.07) is 10.8. The molecule has 0 saturated carbocycles. The summed E-state index contributed by atoms with van der Waals surface area (Å²) in [5, 5.41) is 9.12. The molecule has 2 rings (SSSR count). The van der Waals surface area contributed by atoms with Gasteiger partial charge in [-0.3, -0.25) is 9.69 Å². The van der Waals surface area contributed by atoms with E-state index in [1.165, 1.54) is 19.1 Å². The molecule has 0 aliphatic rings. The summed E-state index contributed by atoms with van der Waals surface area (Å²) in [6.07, 6.45) is 0. The van der Waals surface area contributed by atoms with Crippen LogP contribution >= 0.6 is 11.6 Å². The second kappa shape index (κ2) is 6.58. The van der Waals surface area contributed by atoms with E-state index in [4.69, 9.17) is 11.6 Å². The Morgan fingerprint density at radius 2 is 1.82 bits per heavy atom. The lowest BCUT2D eigenvalue weighted by Gasteiger charge is -2.27. The molecule has 1 amide bonds. The SMILES string of the molecule is C[C@H](C(=O)O)N(C(=O)c1ccccc1)c1ccc(Cl)c(F)c1. The van der Waals surface area contributed by atoms with E-state index in [0.29, 0.717) is 5.56 Å². The monoisotopic (exact) mass is 321 g/mol. The van der Waals surface area contributed by atoms with Crippen molar-refractivity contribution in [2.24, 2.45) is 0 Å². The Labute approximate surface area is 131 Å². The van der Waals surface area contributed by atoms with E-state index in [9.17, 15) is 19.1 Å². The van der Waals surface area contributed by atoms with E-state index in [2.05, 4.69) is 0 Å². The molecule has 2 aromatic rings. The fourth-order valence-electron chi connectivity index (χ4n) is 1.98. The van der Waals surface area contributed by atoms with E-state index in [-0.39, 0.29) is 10.7 Å². The minimum absolute atomic E-state index is 0.0983. The zero-order valence-corrected chi connectivity index (χ0v) is 12.4. The minimum Gasteiger partial charge on any atom is -0.480 e. The molecule has 4 nitrogen and oxygen atoms in total. The Morgan fingerprint density at radius 3 is 2.36 bits per heavy atom. The number of nitrogens with zero attached hydrogens (tertiary/aromatic N) is 1. The molecule has 0 heterocycles. The summed E-state index contributed by atoms with van der Waals surface area (Å²) in [5.41, 5.74) is 0.441. The van der Waals surface area contributed by atoms with Gasteiger partial charge in [0.2, 0.25) is 0 Å². The second-order valence-electron chi connectivity index (χ2n) is 4.65. The third kappa shape index (κ3) is 3.26. The summed E-state index contributed by atoms with van der Waals surface area (Å²) >= 11 is 5.63. The van der Waals surface area contributed by atoms with E-state index in [1.54, 1.807) is 30.3 Å². The maximum absolute atomic E-state index is 13.7. The van der Waals surface area contributed by atoms with Gasteiger partial charge in [-0.15, -0.1) is 0 Å². The standard InChI is InChI=1S/C16H13ClFNO3/c1-10(16(21)22)19(12-7-8-13(17)14(18)9-12)15(20)11-5-3-2-4-6-11/h2-10H,1H3,(H,21,22)/t10-/m1/s1. The van der Waals surface area contributed by atoms with Crippen LogP contribution in [0.15, 0.2) is 48.5 Å². The molecular formula is C16H13ClFNO3. The number of anilines is 1. The first kappa shape index (κ1) is 16.0. The fourth-order valence-corrected chi connectivity index (χ4v) is 2.10. The summed E-state index contributed by atoms with van der Waals surface area (Å²) in [7, 11) is 0. The number of halogens is 2. The lowest BCUT2D eigenvalue weighted by atomic mass is 10.1. The highest BCUT2D eigenvalue weighted by atomic mass is 35.5. The van der Waals surface area contributed by atoms with Crippen molar-refractivity contribution in [1.82, 2.24) is 0 Å². The predicted octanol–water partition coefficient (Wildman–Crippen LogP) is 3.60. The van der Waals surface area contributed by atoms with Gasteiger partial charge in [0.15, 0.2) is 0 Å². The van der Waals surface area contributed by atoms with E-state index in [0.717, 1.165) is 11.0 Å². The van der Waals surface area contributed by atoms with Crippen molar-refractivity contribution in [3.05, 3.63) is 64.9 Å². The van der Waals surface area contributed by atoms with Crippen molar-refractivity contribution >= 4 is 29.2 Å². The Bertz CT molecular complexity index is 706. The smallest absolute Gasteiger partial charge is 0.326 e. The highest BCUT2D eigenvalue weighted by Gasteiger charge is 2.28. The van der Waals surface area contributed by atoms with Crippen LogP contribution < -0.4 is 4.90 Å². The van der Waals surface area contributed by atoms with Crippen LogP contribution in [-0.2, 0) is 4.79 Å². The van der Waals surface area contributed by atoms with Gasteiger partial charge in [-0.05, 0) is 37.3 Å². The Hall–Kier alpha value is -2.40. The first-order valence-corrected chi connectivity index (χ1v) is 6.86. The van der Waals surface area contributed by atoms with Crippen molar-refractivity contribution < 1.29 is 19.1 Å². The molecule has 0 aliphatic carbocycles. The molecule has 22 heavy (non-hydrogen) atoms. The number of hydrogen-bond donors (Lipinski definition) is 1. The molecule has 0 aliphatic heterocycles. The molecule has 0 aromatic heterocycles. The molecule has 1 N–H and O–H groups in total. The van der Waals surface area contributed by atoms with Crippen molar-refractivity contribution in [2.45, 2.75) is 13.0 Å². The van der Waals surface area contributed by atoms with Crippen LogP contribution in [0.5, 0.6) is 0 Å². The maximum atomic E-state index is 13.7. The maximum Gasteiger partial charge on any atom is 0.326 e. The van der Waals surface area contributed by atoms with Crippen molar-refractivity contribution in [3.63, 3.8) is 0 Å². The Kier molecular flexibility index (Phi) is 4.78. The van der Waals surface area contributed by atoms with Crippen molar-refractivity contribution in [3.8, 4) is 0 Å². The number of carbonyl (C=O) groups excluding carboxylic acids is 1. The summed E-state index contributed by atoms with van der Waals surface area (Å²) in [4.78, 5) is 24.9. The molecule has 0 fully saturated rings. The zero-order chi connectivity index (χ0) is 16.3. The van der Waals surface area contributed by atoms with Crippen LogP contribution in [0.3, 0.4) is 0 Å². The first-order chi connectivity index (χ1) is 10.4. The molecule has 1 atom stereocenters. The number of carboxylic acids is 1. The zero-order valence-electron chi connectivity index (χ0n) is 11.7. The molecular weight excluding hydrogens is 309 g/mol. The highest BCUT2D eigenvalue weighted by molar-refractivity contribution is 6.30. The average Bonchev–Trinajstić information content (AvgIpc) is 2.51. The van der Waals surface area contributed by atoms with Gasteiger partial charge in [0.25, 0.3) is 5.91 Å². The number of hydrogen-bond acceptors (Lipinski definition) is 2. The fraction of sp³-hybridized carbons (Fsp3) is 0.125. The number of aliphatic carboxylic acids is 1. The largest absolute Gasteiger partial charge is 0.480 e. The lowest BCUT2D eigenvalue weighted by molar-refractivity contribution is -0.138. The van der Waals surface area contributed by atoms with Gasteiger partial charge in [0, 0.05) is 11.3 Å². The molecule has 0 bridgehead atoms. The molecule has 0 saturated heterocycles.